The Morgan fingerprint density at radius 2 is 2.17 bits per heavy atom. The summed E-state index contributed by atoms with van der Waals surface area (Å²) >= 11 is 0. The highest BCUT2D eigenvalue weighted by Crippen LogP contribution is 2.35. The lowest BCUT2D eigenvalue weighted by Crippen LogP contribution is -2.42. The lowest BCUT2D eigenvalue weighted by Gasteiger charge is -2.35. The van der Waals surface area contributed by atoms with Gasteiger partial charge >= 0.3 is 0 Å². The van der Waals surface area contributed by atoms with E-state index in [-0.39, 0.29) is 0 Å². The van der Waals surface area contributed by atoms with Gasteiger partial charge in [-0.15, -0.1) is 0 Å². The van der Waals surface area contributed by atoms with Gasteiger partial charge in [-0.05, 0) is 19.4 Å². The average Bonchev–Trinajstić information content (AvgIpc) is 2.49. The maximum absolute atomic E-state index is 5.45. The Morgan fingerprint density at radius 3 is 2.83 bits per heavy atom. The van der Waals surface area contributed by atoms with Gasteiger partial charge in [-0.2, -0.15) is 0 Å². The number of rotatable bonds is 0. The minimum atomic E-state index is 0.457. The van der Waals surface area contributed by atoms with Crippen molar-refractivity contribution in [3.05, 3.63) is 0 Å². The van der Waals surface area contributed by atoms with Crippen LogP contribution in [0.25, 0.3) is 0 Å². The second-order valence-corrected chi connectivity index (χ2v) is 3.75. The molecule has 0 radical (unpaired) electrons. The molecule has 2 fully saturated rings. The van der Waals surface area contributed by atoms with Gasteiger partial charge in [0.1, 0.15) is 0 Å². The van der Waals surface area contributed by atoms with E-state index in [1.807, 2.05) is 13.8 Å². The molecule has 2 heterocycles. The van der Waals surface area contributed by atoms with Crippen LogP contribution in [0.5, 0.6) is 0 Å². The van der Waals surface area contributed by atoms with Crippen LogP contribution < -0.4 is 5.32 Å². The zero-order valence-corrected chi connectivity index (χ0v) is 8.52. The first-order chi connectivity index (χ1) is 5.81. The first-order valence-electron chi connectivity index (χ1n) is 5.12. The van der Waals surface area contributed by atoms with Crippen LogP contribution in [0.4, 0.5) is 0 Å². The highest BCUT2D eigenvalue weighted by molar-refractivity contribution is 4.95. The first kappa shape index (κ1) is 10.0. The zero-order chi connectivity index (χ0) is 9.03. The first-order valence-corrected chi connectivity index (χ1v) is 5.12. The van der Waals surface area contributed by atoms with E-state index >= 15 is 0 Å². The lowest BCUT2D eigenvalue weighted by molar-refractivity contribution is -0.00397. The van der Waals surface area contributed by atoms with Crippen molar-refractivity contribution in [2.24, 2.45) is 5.41 Å². The van der Waals surface area contributed by atoms with E-state index in [1.54, 1.807) is 0 Å². The average molecular weight is 171 g/mol. The maximum atomic E-state index is 5.45. The topological polar surface area (TPSA) is 21.3 Å². The smallest absolute Gasteiger partial charge is 0.0535 e. The minimum absolute atomic E-state index is 0.457. The van der Waals surface area contributed by atoms with E-state index in [4.69, 9.17) is 4.74 Å². The minimum Gasteiger partial charge on any atom is -0.381 e. The third-order valence-corrected chi connectivity index (χ3v) is 2.91. The molecular weight excluding hydrogens is 150 g/mol. The monoisotopic (exact) mass is 171 g/mol. The number of nitrogens with one attached hydrogen (secondary N) is 1. The summed E-state index contributed by atoms with van der Waals surface area (Å²) < 4.78 is 5.45. The van der Waals surface area contributed by atoms with Crippen molar-refractivity contribution in [1.82, 2.24) is 5.32 Å². The molecule has 0 aromatic rings. The van der Waals surface area contributed by atoms with E-state index in [0.29, 0.717) is 5.41 Å². The molecular formula is C10H21NO. The molecule has 2 atom stereocenters. The Morgan fingerprint density at radius 1 is 1.42 bits per heavy atom. The van der Waals surface area contributed by atoms with E-state index in [2.05, 4.69) is 12.2 Å². The second kappa shape index (κ2) is 4.24. The summed E-state index contributed by atoms with van der Waals surface area (Å²) in [4.78, 5) is 0. The quantitative estimate of drug-likeness (QED) is 0.600. The summed E-state index contributed by atoms with van der Waals surface area (Å²) in [6.45, 7) is 9.43. The molecule has 0 spiro atoms. The molecule has 0 aromatic carbocycles. The van der Waals surface area contributed by atoms with Gasteiger partial charge in [-0.3, -0.25) is 0 Å². The molecule has 2 aliphatic heterocycles. The molecule has 0 amide bonds. The van der Waals surface area contributed by atoms with E-state index < -0.39 is 0 Å². The number of fused-ring (bicyclic) bond motifs is 1. The molecule has 2 rings (SSSR count). The molecule has 12 heavy (non-hydrogen) atoms. The van der Waals surface area contributed by atoms with Gasteiger partial charge in [-0.1, -0.05) is 20.8 Å². The lowest BCUT2D eigenvalue weighted by atomic mass is 9.81. The van der Waals surface area contributed by atoms with Crippen molar-refractivity contribution >= 4 is 0 Å². The Labute approximate surface area is 75.7 Å². The molecule has 0 bridgehead atoms. The molecule has 72 valence electrons. The fourth-order valence-corrected chi connectivity index (χ4v) is 2.08. The second-order valence-electron chi connectivity index (χ2n) is 3.75. The van der Waals surface area contributed by atoms with Crippen molar-refractivity contribution in [3.63, 3.8) is 0 Å². The van der Waals surface area contributed by atoms with Crippen molar-refractivity contribution in [2.75, 3.05) is 19.8 Å². The van der Waals surface area contributed by atoms with Gasteiger partial charge in [0, 0.05) is 18.1 Å². The van der Waals surface area contributed by atoms with E-state index in [9.17, 15) is 0 Å². The fraction of sp³-hybridized carbons (Fsp3) is 1.00. The van der Waals surface area contributed by atoms with Crippen LogP contribution in [0.3, 0.4) is 0 Å². The molecule has 2 heteroatoms. The highest BCUT2D eigenvalue weighted by atomic mass is 16.5. The predicted octanol–water partition coefficient (Wildman–Crippen LogP) is 1.80. The van der Waals surface area contributed by atoms with Crippen molar-refractivity contribution < 1.29 is 4.74 Å². The third kappa shape index (κ3) is 1.80. The van der Waals surface area contributed by atoms with Gasteiger partial charge in [0.15, 0.2) is 0 Å². The highest BCUT2D eigenvalue weighted by Gasteiger charge is 2.40. The Balaban J connectivity index is 0.000000336. The summed E-state index contributed by atoms with van der Waals surface area (Å²) in [5, 5.41) is 3.52. The summed E-state index contributed by atoms with van der Waals surface area (Å²) in [6.07, 6.45) is 2.49. The normalized spacial score (nSPS) is 39.8. The Kier molecular flexibility index (Phi) is 3.53. The van der Waals surface area contributed by atoms with Gasteiger partial charge in [0.25, 0.3) is 0 Å². The van der Waals surface area contributed by atoms with Gasteiger partial charge in [-0.25, -0.2) is 0 Å². The molecule has 2 aliphatic rings. The SMILES string of the molecule is CC.CC12CCNC1CCOC2. The molecule has 2 saturated heterocycles. The summed E-state index contributed by atoms with van der Waals surface area (Å²) in [7, 11) is 0. The van der Waals surface area contributed by atoms with Crippen molar-refractivity contribution in [1.29, 1.82) is 0 Å². The van der Waals surface area contributed by atoms with Crippen LogP contribution in [0, 0.1) is 5.41 Å². The van der Waals surface area contributed by atoms with E-state index in [1.165, 1.54) is 19.4 Å². The van der Waals surface area contributed by atoms with Crippen LogP contribution in [-0.4, -0.2) is 25.8 Å². The number of hydrogen-bond acceptors (Lipinski definition) is 2. The Bertz CT molecular complexity index is 138. The van der Waals surface area contributed by atoms with Gasteiger partial charge in [0.2, 0.25) is 0 Å². The van der Waals surface area contributed by atoms with Gasteiger partial charge < -0.3 is 10.1 Å². The van der Waals surface area contributed by atoms with Crippen LogP contribution in [0.2, 0.25) is 0 Å². The number of ether oxygens (including phenoxy) is 1. The summed E-state index contributed by atoms with van der Waals surface area (Å²) in [5.74, 6) is 0. The van der Waals surface area contributed by atoms with Crippen molar-refractivity contribution in [3.8, 4) is 0 Å². The van der Waals surface area contributed by atoms with Gasteiger partial charge in [0.05, 0.1) is 6.61 Å². The van der Waals surface area contributed by atoms with Crippen LogP contribution in [0.1, 0.15) is 33.6 Å². The fourth-order valence-electron chi connectivity index (χ4n) is 2.08. The molecule has 0 saturated carbocycles. The molecule has 2 unspecified atom stereocenters. The molecule has 2 nitrogen and oxygen atoms in total. The van der Waals surface area contributed by atoms with Crippen LogP contribution in [-0.2, 0) is 4.74 Å². The largest absolute Gasteiger partial charge is 0.381 e. The maximum Gasteiger partial charge on any atom is 0.0535 e. The summed E-state index contributed by atoms with van der Waals surface area (Å²) in [6, 6.07) is 0.737. The number of hydrogen-bond donors (Lipinski definition) is 1. The third-order valence-electron chi connectivity index (χ3n) is 2.91. The Hall–Kier alpha value is -0.0800. The molecule has 0 aliphatic carbocycles. The predicted molar refractivity (Wildman–Crippen MR) is 51.3 cm³/mol. The van der Waals surface area contributed by atoms with E-state index in [0.717, 1.165) is 19.3 Å². The van der Waals surface area contributed by atoms with Crippen LogP contribution >= 0.6 is 0 Å². The molecule has 0 aromatic heterocycles. The molecule has 1 N–H and O–H groups in total. The standard InChI is InChI=1S/C8H15NO.C2H6/c1-8-3-4-9-7(8)2-5-10-6-8;1-2/h7,9H,2-6H2,1H3;1-2H3. The van der Waals surface area contributed by atoms with Crippen molar-refractivity contribution in [2.45, 2.75) is 39.7 Å². The van der Waals surface area contributed by atoms with Crippen LogP contribution in [0.15, 0.2) is 0 Å². The summed E-state index contributed by atoms with van der Waals surface area (Å²) in [5.41, 5.74) is 0.457. The zero-order valence-electron chi connectivity index (χ0n) is 8.52.